The molecule has 0 radical (unpaired) electrons. The maximum Gasteiger partial charge on any atom is 0.0641 e. The van der Waals surface area contributed by atoms with Gasteiger partial charge in [-0.2, -0.15) is 0 Å². The molecule has 0 spiro atoms. The molecule has 1 heterocycles. The van der Waals surface area contributed by atoms with Crippen LogP contribution in [0.4, 0.5) is 5.69 Å². The first kappa shape index (κ1) is 11.4. The number of hydrogen-bond acceptors (Lipinski definition) is 3. The number of rotatable bonds is 4. The van der Waals surface area contributed by atoms with Gasteiger partial charge in [0.15, 0.2) is 0 Å². The van der Waals surface area contributed by atoms with Crippen LogP contribution < -0.4 is 10.6 Å². The third-order valence-corrected chi connectivity index (χ3v) is 2.98. The van der Waals surface area contributed by atoms with E-state index in [1.54, 1.807) is 0 Å². The molecule has 1 aliphatic heterocycles. The van der Waals surface area contributed by atoms with Crippen LogP contribution in [0, 0.1) is 0 Å². The molecule has 3 heteroatoms. The molecule has 1 unspecified atom stereocenters. The number of hydrogen-bond donors (Lipinski definition) is 1. The Hall–Kier alpha value is -1.06. The minimum Gasteiger partial charge on any atom is -0.380 e. The van der Waals surface area contributed by atoms with Gasteiger partial charge in [0.05, 0.1) is 6.61 Å². The minimum absolute atomic E-state index is 0.247. The van der Waals surface area contributed by atoms with Crippen LogP contribution in [-0.2, 0) is 11.2 Å². The molecule has 0 aromatic heterocycles. The topological polar surface area (TPSA) is 38.5 Å². The molecule has 0 aliphatic carbocycles. The van der Waals surface area contributed by atoms with Crippen molar-refractivity contribution in [1.29, 1.82) is 0 Å². The summed E-state index contributed by atoms with van der Waals surface area (Å²) < 4.78 is 5.40. The third-order valence-electron chi connectivity index (χ3n) is 2.98. The Balaban J connectivity index is 2.07. The van der Waals surface area contributed by atoms with Crippen LogP contribution in [0.1, 0.15) is 12.5 Å². The number of nitrogens with two attached hydrogens (primary N) is 1. The van der Waals surface area contributed by atoms with Crippen molar-refractivity contribution in [2.24, 2.45) is 5.73 Å². The number of ether oxygens (including phenoxy) is 1. The molecular formula is C13H20N2O. The van der Waals surface area contributed by atoms with E-state index in [-0.39, 0.29) is 6.04 Å². The molecule has 88 valence electrons. The van der Waals surface area contributed by atoms with Gasteiger partial charge in [-0.25, -0.2) is 0 Å². The molecule has 2 rings (SSSR count). The van der Waals surface area contributed by atoms with Crippen LogP contribution in [0.15, 0.2) is 24.3 Å². The molecule has 16 heavy (non-hydrogen) atoms. The van der Waals surface area contributed by atoms with Gasteiger partial charge in [-0.3, -0.25) is 0 Å². The lowest BCUT2D eigenvalue weighted by Gasteiger charge is -2.34. The fraction of sp³-hybridized carbons (Fsp3) is 0.538. The predicted octanol–water partition coefficient (Wildman–Crippen LogP) is 1.41. The van der Waals surface area contributed by atoms with Gasteiger partial charge < -0.3 is 15.4 Å². The van der Waals surface area contributed by atoms with Gasteiger partial charge in [0.1, 0.15) is 0 Å². The smallest absolute Gasteiger partial charge is 0.0641 e. The second kappa shape index (κ2) is 5.32. The van der Waals surface area contributed by atoms with Crippen molar-refractivity contribution >= 4 is 5.69 Å². The van der Waals surface area contributed by atoms with E-state index in [1.807, 2.05) is 6.92 Å². The van der Waals surface area contributed by atoms with Crippen LogP contribution in [0.3, 0.4) is 0 Å². The maximum absolute atomic E-state index is 6.06. The van der Waals surface area contributed by atoms with Crippen LogP contribution in [0.2, 0.25) is 0 Å². The number of benzene rings is 1. The molecule has 0 saturated heterocycles. The first-order chi connectivity index (χ1) is 7.81. The second-order valence-electron chi connectivity index (χ2n) is 4.24. The Bertz CT molecular complexity index is 340. The van der Waals surface area contributed by atoms with E-state index in [9.17, 15) is 0 Å². The summed E-state index contributed by atoms with van der Waals surface area (Å²) in [6.07, 6.45) is 0.987. The highest BCUT2D eigenvalue weighted by atomic mass is 16.5. The minimum atomic E-state index is 0.247. The highest BCUT2D eigenvalue weighted by Crippen LogP contribution is 2.25. The van der Waals surface area contributed by atoms with Gasteiger partial charge >= 0.3 is 0 Å². The highest BCUT2D eigenvalue weighted by molar-refractivity contribution is 5.56. The molecule has 0 fully saturated rings. The lowest BCUT2D eigenvalue weighted by Crippen LogP contribution is -2.44. The fourth-order valence-electron chi connectivity index (χ4n) is 2.25. The number of nitrogens with zero attached hydrogens (tertiary/aromatic N) is 1. The molecule has 0 bridgehead atoms. The van der Waals surface area contributed by atoms with Gasteiger partial charge in [0.25, 0.3) is 0 Å². The van der Waals surface area contributed by atoms with Gasteiger partial charge in [0, 0.05) is 31.4 Å². The van der Waals surface area contributed by atoms with Gasteiger partial charge in [-0.05, 0) is 25.0 Å². The lowest BCUT2D eigenvalue weighted by atomic mass is 9.98. The number of anilines is 1. The van der Waals surface area contributed by atoms with Crippen molar-refractivity contribution in [3.8, 4) is 0 Å². The number of para-hydroxylation sites is 1. The standard InChI is InChI=1S/C13H20N2O/c1-2-16-8-7-15-10-12(14)9-11-5-3-4-6-13(11)15/h3-6,12H,2,7-10,14H2,1H3. The fourth-order valence-corrected chi connectivity index (χ4v) is 2.25. The molecule has 1 aromatic carbocycles. The van der Waals surface area contributed by atoms with Gasteiger partial charge in [-0.15, -0.1) is 0 Å². The van der Waals surface area contributed by atoms with Gasteiger partial charge in [-0.1, -0.05) is 18.2 Å². The molecule has 0 saturated carbocycles. The van der Waals surface area contributed by atoms with E-state index in [1.165, 1.54) is 11.3 Å². The molecule has 1 aromatic rings. The highest BCUT2D eigenvalue weighted by Gasteiger charge is 2.20. The van der Waals surface area contributed by atoms with Crippen LogP contribution in [0.5, 0.6) is 0 Å². The van der Waals surface area contributed by atoms with Crippen LogP contribution >= 0.6 is 0 Å². The Labute approximate surface area is 97.2 Å². The first-order valence-electron chi connectivity index (χ1n) is 5.97. The van der Waals surface area contributed by atoms with E-state index in [2.05, 4.69) is 29.2 Å². The summed E-state index contributed by atoms with van der Waals surface area (Å²) >= 11 is 0. The van der Waals surface area contributed by atoms with Crippen LogP contribution in [0.25, 0.3) is 0 Å². The van der Waals surface area contributed by atoms with E-state index < -0.39 is 0 Å². The van der Waals surface area contributed by atoms with E-state index in [0.717, 1.165) is 32.7 Å². The lowest BCUT2D eigenvalue weighted by molar-refractivity contribution is 0.153. The summed E-state index contributed by atoms with van der Waals surface area (Å²) in [7, 11) is 0. The molecule has 1 aliphatic rings. The van der Waals surface area contributed by atoms with E-state index in [0.29, 0.717) is 0 Å². The molecule has 0 amide bonds. The average molecular weight is 220 g/mol. The van der Waals surface area contributed by atoms with Crippen molar-refractivity contribution in [2.75, 3.05) is 31.2 Å². The van der Waals surface area contributed by atoms with Crippen LogP contribution in [-0.4, -0.2) is 32.3 Å². The van der Waals surface area contributed by atoms with Crippen molar-refractivity contribution in [2.45, 2.75) is 19.4 Å². The van der Waals surface area contributed by atoms with Crippen molar-refractivity contribution in [3.05, 3.63) is 29.8 Å². The normalized spacial score (nSPS) is 19.6. The zero-order chi connectivity index (χ0) is 11.4. The zero-order valence-electron chi connectivity index (χ0n) is 9.86. The maximum atomic E-state index is 6.06. The second-order valence-corrected chi connectivity index (χ2v) is 4.24. The Morgan fingerprint density at radius 2 is 2.25 bits per heavy atom. The number of fused-ring (bicyclic) bond motifs is 1. The summed E-state index contributed by atoms with van der Waals surface area (Å²) in [6.45, 7) is 5.44. The van der Waals surface area contributed by atoms with E-state index in [4.69, 9.17) is 10.5 Å². The predicted molar refractivity (Wildman–Crippen MR) is 66.8 cm³/mol. The average Bonchev–Trinajstić information content (AvgIpc) is 2.29. The molecule has 1 atom stereocenters. The Morgan fingerprint density at radius 1 is 1.44 bits per heavy atom. The molecule has 2 N–H and O–H groups in total. The van der Waals surface area contributed by atoms with Crippen molar-refractivity contribution in [1.82, 2.24) is 0 Å². The summed E-state index contributed by atoms with van der Waals surface area (Å²) in [5, 5.41) is 0. The largest absolute Gasteiger partial charge is 0.380 e. The Kier molecular flexibility index (Phi) is 3.80. The molecular weight excluding hydrogens is 200 g/mol. The third kappa shape index (κ3) is 2.54. The van der Waals surface area contributed by atoms with E-state index >= 15 is 0 Å². The SMILES string of the molecule is CCOCCN1CC(N)Cc2ccccc21. The summed E-state index contributed by atoms with van der Waals surface area (Å²) in [4.78, 5) is 2.33. The monoisotopic (exact) mass is 220 g/mol. The van der Waals surface area contributed by atoms with Crippen molar-refractivity contribution in [3.63, 3.8) is 0 Å². The summed E-state index contributed by atoms with van der Waals surface area (Å²) in [5.74, 6) is 0. The van der Waals surface area contributed by atoms with Gasteiger partial charge in [0.2, 0.25) is 0 Å². The summed E-state index contributed by atoms with van der Waals surface area (Å²) in [6, 6.07) is 8.76. The summed E-state index contributed by atoms with van der Waals surface area (Å²) in [5.41, 5.74) is 8.74. The quantitative estimate of drug-likeness (QED) is 0.780. The first-order valence-corrected chi connectivity index (χ1v) is 5.97. The Morgan fingerprint density at radius 3 is 3.06 bits per heavy atom. The van der Waals surface area contributed by atoms with Crippen molar-refractivity contribution < 1.29 is 4.74 Å². The molecule has 3 nitrogen and oxygen atoms in total. The zero-order valence-corrected chi connectivity index (χ0v) is 9.86.